The van der Waals surface area contributed by atoms with Gasteiger partial charge in [0, 0.05) is 37.7 Å². The summed E-state index contributed by atoms with van der Waals surface area (Å²) in [5.74, 6) is -0.233. The number of hydrogen-bond acceptors (Lipinski definition) is 2. The fourth-order valence-electron chi connectivity index (χ4n) is 2.25. The topological polar surface area (TPSA) is 65.5 Å². The summed E-state index contributed by atoms with van der Waals surface area (Å²) in [6.45, 7) is 3.93. The molecule has 8 heteroatoms. The van der Waals surface area contributed by atoms with Crippen molar-refractivity contribution >= 4 is 35.8 Å². The van der Waals surface area contributed by atoms with Crippen molar-refractivity contribution in [2.24, 2.45) is 10.9 Å². The van der Waals surface area contributed by atoms with Crippen LogP contribution in [-0.4, -0.2) is 38.0 Å². The molecule has 1 aromatic carbocycles. The van der Waals surface area contributed by atoms with Crippen molar-refractivity contribution in [2.75, 3.05) is 26.2 Å². The third-order valence-corrected chi connectivity index (χ3v) is 3.70. The van der Waals surface area contributed by atoms with Gasteiger partial charge in [0.15, 0.2) is 5.96 Å². The molecule has 1 aliphatic rings. The fourth-order valence-corrected chi connectivity index (χ4v) is 2.25. The predicted molar refractivity (Wildman–Crippen MR) is 105 cm³/mol. The van der Waals surface area contributed by atoms with E-state index in [4.69, 9.17) is 0 Å². The van der Waals surface area contributed by atoms with E-state index >= 15 is 0 Å². The molecule has 1 aliphatic carbocycles. The molecule has 2 rings (SSSR count). The van der Waals surface area contributed by atoms with Crippen LogP contribution in [0.5, 0.6) is 0 Å². The zero-order chi connectivity index (χ0) is 17.4. The fraction of sp³-hybridized carbons (Fsp3) is 0.529. The number of hydrogen-bond donors (Lipinski definition) is 3. The summed E-state index contributed by atoms with van der Waals surface area (Å²) >= 11 is 0. The molecule has 140 valence electrons. The largest absolute Gasteiger partial charge is 0.357 e. The number of halogens is 3. The molecule has 0 spiro atoms. The maximum absolute atomic E-state index is 13.6. The predicted octanol–water partition coefficient (Wildman–Crippen LogP) is 2.21. The van der Waals surface area contributed by atoms with Gasteiger partial charge in [-0.1, -0.05) is 6.07 Å². The van der Waals surface area contributed by atoms with E-state index in [0.717, 1.165) is 12.8 Å². The molecule has 0 saturated heterocycles. The summed E-state index contributed by atoms with van der Waals surface area (Å²) in [4.78, 5) is 15.8. The Morgan fingerprint density at radius 2 is 1.80 bits per heavy atom. The Labute approximate surface area is 164 Å². The van der Waals surface area contributed by atoms with E-state index in [1.807, 2.05) is 6.92 Å². The highest BCUT2D eigenvalue weighted by Crippen LogP contribution is 2.28. The minimum Gasteiger partial charge on any atom is -0.357 e. The van der Waals surface area contributed by atoms with Crippen molar-refractivity contribution in [3.63, 3.8) is 0 Å². The first-order valence-electron chi connectivity index (χ1n) is 8.34. The minimum atomic E-state index is -0.550. The lowest BCUT2D eigenvalue weighted by atomic mass is 10.1. The van der Waals surface area contributed by atoms with Crippen molar-refractivity contribution < 1.29 is 13.6 Å². The lowest BCUT2D eigenvalue weighted by Gasteiger charge is -2.12. The van der Waals surface area contributed by atoms with Gasteiger partial charge in [0.2, 0.25) is 5.91 Å². The summed E-state index contributed by atoms with van der Waals surface area (Å²) in [7, 11) is 0. The molecule has 3 N–H and O–H groups in total. The minimum absolute atomic E-state index is 0. The molecule has 25 heavy (non-hydrogen) atoms. The molecule has 1 amide bonds. The van der Waals surface area contributed by atoms with Crippen LogP contribution < -0.4 is 16.0 Å². The number of carbonyl (C=O) groups is 1. The second-order valence-electron chi connectivity index (χ2n) is 5.70. The van der Waals surface area contributed by atoms with Gasteiger partial charge in [-0.2, -0.15) is 0 Å². The van der Waals surface area contributed by atoms with E-state index in [0.29, 0.717) is 25.6 Å². The summed E-state index contributed by atoms with van der Waals surface area (Å²) in [5, 5.41) is 9.00. The second kappa shape index (κ2) is 11.2. The first-order valence-corrected chi connectivity index (χ1v) is 8.34. The highest BCUT2D eigenvalue weighted by atomic mass is 127. The average Bonchev–Trinajstić information content (AvgIpc) is 3.39. The van der Waals surface area contributed by atoms with Gasteiger partial charge >= 0.3 is 0 Å². The SMILES string of the molecule is CCNC(=NCCc1c(F)cccc1F)NCCNC(=O)C1CC1.I. The van der Waals surface area contributed by atoms with Crippen LogP contribution in [0, 0.1) is 17.6 Å². The number of benzene rings is 1. The molecule has 0 atom stereocenters. The number of rotatable bonds is 8. The highest BCUT2D eigenvalue weighted by Gasteiger charge is 2.28. The van der Waals surface area contributed by atoms with Crippen LogP contribution in [0.1, 0.15) is 25.3 Å². The average molecular weight is 466 g/mol. The van der Waals surface area contributed by atoms with E-state index < -0.39 is 11.6 Å². The van der Waals surface area contributed by atoms with Crippen molar-refractivity contribution in [1.29, 1.82) is 0 Å². The van der Waals surface area contributed by atoms with Crippen LogP contribution in [-0.2, 0) is 11.2 Å². The zero-order valence-electron chi connectivity index (χ0n) is 14.3. The highest BCUT2D eigenvalue weighted by molar-refractivity contribution is 14.0. The first kappa shape index (κ1) is 21.6. The Morgan fingerprint density at radius 3 is 2.40 bits per heavy atom. The molecule has 5 nitrogen and oxygen atoms in total. The number of carbonyl (C=O) groups excluding carboxylic acids is 1. The van der Waals surface area contributed by atoms with Crippen LogP contribution >= 0.6 is 24.0 Å². The molecule has 0 aliphatic heterocycles. The number of nitrogens with zero attached hydrogens (tertiary/aromatic N) is 1. The van der Waals surface area contributed by atoms with Crippen LogP contribution in [0.2, 0.25) is 0 Å². The van der Waals surface area contributed by atoms with E-state index in [9.17, 15) is 13.6 Å². The van der Waals surface area contributed by atoms with Gasteiger partial charge < -0.3 is 16.0 Å². The lowest BCUT2D eigenvalue weighted by Crippen LogP contribution is -2.41. The molecule has 0 heterocycles. The first-order chi connectivity index (χ1) is 11.6. The Balaban J connectivity index is 0.00000312. The third-order valence-electron chi connectivity index (χ3n) is 3.70. The number of nitrogens with one attached hydrogen (secondary N) is 3. The van der Waals surface area contributed by atoms with Gasteiger partial charge in [-0.05, 0) is 38.3 Å². The monoisotopic (exact) mass is 466 g/mol. The molecular formula is C17H25F2IN4O. The van der Waals surface area contributed by atoms with Crippen molar-refractivity contribution in [1.82, 2.24) is 16.0 Å². The van der Waals surface area contributed by atoms with E-state index in [-0.39, 0.29) is 54.3 Å². The summed E-state index contributed by atoms with van der Waals surface area (Å²) in [6.07, 6.45) is 2.15. The lowest BCUT2D eigenvalue weighted by molar-refractivity contribution is -0.122. The van der Waals surface area contributed by atoms with Gasteiger partial charge in [0.05, 0.1) is 0 Å². The summed E-state index contributed by atoms with van der Waals surface area (Å²) < 4.78 is 27.1. The summed E-state index contributed by atoms with van der Waals surface area (Å²) in [5.41, 5.74) is 0.0498. The third kappa shape index (κ3) is 7.54. The number of guanidine groups is 1. The standard InChI is InChI=1S/C17H24F2N4O.HI/c1-2-20-17(23-11-10-21-16(24)12-6-7-12)22-9-8-13-14(18)4-3-5-15(13)19;/h3-5,12H,2,6-11H2,1H3,(H,21,24)(H2,20,22,23);1H. The van der Waals surface area contributed by atoms with E-state index in [1.54, 1.807) is 0 Å². The van der Waals surface area contributed by atoms with E-state index in [2.05, 4.69) is 20.9 Å². The van der Waals surface area contributed by atoms with Crippen LogP contribution in [0.4, 0.5) is 8.78 Å². The van der Waals surface area contributed by atoms with Crippen LogP contribution in [0.15, 0.2) is 23.2 Å². The molecule has 0 radical (unpaired) electrons. The molecule has 1 aromatic rings. The maximum atomic E-state index is 13.6. The molecule has 0 unspecified atom stereocenters. The second-order valence-corrected chi connectivity index (χ2v) is 5.70. The Kier molecular flexibility index (Phi) is 9.69. The Bertz CT molecular complexity index is 574. The molecule has 1 saturated carbocycles. The van der Waals surface area contributed by atoms with Crippen LogP contribution in [0.25, 0.3) is 0 Å². The normalized spacial score (nSPS) is 13.8. The van der Waals surface area contributed by atoms with Gasteiger partial charge in [0.25, 0.3) is 0 Å². The van der Waals surface area contributed by atoms with Gasteiger partial charge in [-0.3, -0.25) is 9.79 Å². The van der Waals surface area contributed by atoms with Crippen molar-refractivity contribution in [3.05, 3.63) is 35.4 Å². The smallest absolute Gasteiger partial charge is 0.223 e. The van der Waals surface area contributed by atoms with Gasteiger partial charge in [0.1, 0.15) is 11.6 Å². The number of aliphatic imine (C=N–C) groups is 1. The zero-order valence-corrected chi connectivity index (χ0v) is 16.6. The Morgan fingerprint density at radius 1 is 1.16 bits per heavy atom. The quantitative estimate of drug-likeness (QED) is 0.238. The Hall–Kier alpha value is -1.45. The number of amides is 1. The van der Waals surface area contributed by atoms with Crippen LogP contribution in [0.3, 0.4) is 0 Å². The summed E-state index contributed by atoms with van der Waals surface area (Å²) in [6, 6.07) is 3.83. The van der Waals surface area contributed by atoms with E-state index in [1.165, 1.54) is 18.2 Å². The van der Waals surface area contributed by atoms with Gasteiger partial charge in [-0.15, -0.1) is 24.0 Å². The molecular weight excluding hydrogens is 441 g/mol. The molecule has 1 fully saturated rings. The van der Waals surface area contributed by atoms with Crippen molar-refractivity contribution in [3.8, 4) is 0 Å². The molecule has 0 aromatic heterocycles. The van der Waals surface area contributed by atoms with Gasteiger partial charge in [-0.25, -0.2) is 8.78 Å². The maximum Gasteiger partial charge on any atom is 0.223 e. The molecule has 0 bridgehead atoms. The van der Waals surface area contributed by atoms with Crippen molar-refractivity contribution in [2.45, 2.75) is 26.2 Å².